The first-order valence-electron chi connectivity index (χ1n) is 9.90. The first-order chi connectivity index (χ1) is 15.2. The number of hydrogen-bond donors (Lipinski definition) is 2. The van der Waals surface area contributed by atoms with E-state index in [9.17, 15) is 22.8 Å². The first kappa shape index (κ1) is 22.9. The molecule has 32 heavy (non-hydrogen) atoms. The van der Waals surface area contributed by atoms with E-state index in [1.54, 1.807) is 36.4 Å². The summed E-state index contributed by atoms with van der Waals surface area (Å²) in [5.74, 6) is -0.650. The number of halogens is 3. The van der Waals surface area contributed by atoms with Gasteiger partial charge >= 0.3 is 12.2 Å². The molecule has 0 aromatic heterocycles. The van der Waals surface area contributed by atoms with E-state index < -0.39 is 23.7 Å². The summed E-state index contributed by atoms with van der Waals surface area (Å²) < 4.78 is 38.7. The lowest BCUT2D eigenvalue weighted by Gasteiger charge is -2.23. The average Bonchev–Trinajstić information content (AvgIpc) is 2.78. The molecular formula is C24H22F3N3O2. The summed E-state index contributed by atoms with van der Waals surface area (Å²) in [6.07, 6.45) is -4.53. The molecule has 3 amide bonds. The van der Waals surface area contributed by atoms with Crippen LogP contribution in [0.5, 0.6) is 0 Å². The minimum atomic E-state index is -4.53. The van der Waals surface area contributed by atoms with Gasteiger partial charge in [-0.05, 0) is 49.4 Å². The smallest absolute Gasteiger partial charge is 0.350 e. The highest BCUT2D eigenvalue weighted by Gasteiger charge is 2.30. The van der Waals surface area contributed by atoms with E-state index in [1.165, 1.54) is 17.0 Å². The van der Waals surface area contributed by atoms with Gasteiger partial charge in [-0.1, -0.05) is 42.0 Å². The summed E-state index contributed by atoms with van der Waals surface area (Å²) in [4.78, 5) is 26.7. The van der Waals surface area contributed by atoms with Gasteiger partial charge in [0.15, 0.2) is 0 Å². The molecule has 3 rings (SSSR count). The molecule has 166 valence electrons. The van der Waals surface area contributed by atoms with Gasteiger partial charge in [-0.25, -0.2) is 4.79 Å². The highest BCUT2D eigenvalue weighted by molar-refractivity contribution is 6.02. The third-order valence-electron chi connectivity index (χ3n) is 4.69. The van der Waals surface area contributed by atoms with Crippen LogP contribution in [0.1, 0.15) is 21.5 Å². The zero-order valence-corrected chi connectivity index (χ0v) is 17.3. The van der Waals surface area contributed by atoms with E-state index in [1.807, 2.05) is 25.1 Å². The summed E-state index contributed by atoms with van der Waals surface area (Å²) >= 11 is 0. The number of rotatable bonds is 6. The van der Waals surface area contributed by atoms with Gasteiger partial charge in [-0.3, -0.25) is 9.69 Å². The van der Waals surface area contributed by atoms with Crippen LogP contribution in [0.25, 0.3) is 0 Å². The summed E-state index contributed by atoms with van der Waals surface area (Å²) in [7, 11) is 0. The van der Waals surface area contributed by atoms with Gasteiger partial charge in [0.1, 0.15) is 0 Å². The van der Waals surface area contributed by atoms with Crippen molar-refractivity contribution in [3.63, 3.8) is 0 Å². The molecule has 3 aromatic carbocycles. The predicted molar refractivity (Wildman–Crippen MR) is 118 cm³/mol. The topological polar surface area (TPSA) is 61.4 Å². The molecule has 0 atom stereocenters. The number of benzene rings is 3. The van der Waals surface area contributed by atoms with Gasteiger partial charge in [0.05, 0.1) is 5.56 Å². The molecule has 0 aliphatic heterocycles. The van der Waals surface area contributed by atoms with Crippen LogP contribution >= 0.6 is 0 Å². The molecule has 0 aliphatic carbocycles. The molecule has 0 heterocycles. The van der Waals surface area contributed by atoms with Crippen LogP contribution in [-0.4, -0.2) is 25.0 Å². The number of carbonyl (C=O) groups is 2. The fourth-order valence-electron chi connectivity index (χ4n) is 3.00. The van der Waals surface area contributed by atoms with Crippen LogP contribution in [-0.2, 0) is 6.18 Å². The lowest BCUT2D eigenvalue weighted by molar-refractivity contribution is -0.137. The molecule has 3 aromatic rings. The van der Waals surface area contributed by atoms with Crippen LogP contribution in [0.15, 0.2) is 78.9 Å². The van der Waals surface area contributed by atoms with Crippen molar-refractivity contribution in [1.29, 1.82) is 0 Å². The number of nitrogens with zero attached hydrogens (tertiary/aromatic N) is 1. The maximum Gasteiger partial charge on any atom is 0.416 e. The van der Waals surface area contributed by atoms with Crippen LogP contribution in [0.3, 0.4) is 0 Å². The lowest BCUT2D eigenvalue weighted by Crippen LogP contribution is -2.41. The second-order valence-corrected chi connectivity index (χ2v) is 7.12. The number of urea groups is 1. The molecule has 0 saturated carbocycles. The van der Waals surface area contributed by atoms with Crippen molar-refractivity contribution in [1.82, 2.24) is 5.32 Å². The maximum atomic E-state index is 12.9. The summed E-state index contributed by atoms with van der Waals surface area (Å²) in [6.45, 7) is 2.10. The van der Waals surface area contributed by atoms with Crippen molar-refractivity contribution in [2.75, 3.05) is 23.3 Å². The molecule has 2 N–H and O–H groups in total. The Morgan fingerprint density at radius 1 is 0.906 bits per heavy atom. The largest absolute Gasteiger partial charge is 0.416 e. The summed E-state index contributed by atoms with van der Waals surface area (Å²) in [6, 6.07) is 20.0. The summed E-state index contributed by atoms with van der Waals surface area (Å²) in [5, 5.41) is 5.39. The Balaban J connectivity index is 1.67. The van der Waals surface area contributed by atoms with Crippen molar-refractivity contribution in [2.45, 2.75) is 13.1 Å². The van der Waals surface area contributed by atoms with E-state index >= 15 is 0 Å². The molecule has 5 nitrogen and oxygen atoms in total. The molecule has 8 heteroatoms. The Morgan fingerprint density at radius 3 is 2.25 bits per heavy atom. The van der Waals surface area contributed by atoms with Crippen molar-refractivity contribution < 1.29 is 22.8 Å². The molecular weight excluding hydrogens is 419 g/mol. The Morgan fingerprint density at radius 2 is 1.59 bits per heavy atom. The van der Waals surface area contributed by atoms with Gasteiger partial charge in [0, 0.05) is 30.0 Å². The SMILES string of the molecule is Cc1ccc(NC(=O)N(CCNC(=O)c2cccc(C(F)(F)F)c2)c2ccccc2)cc1. The Hall–Kier alpha value is -3.81. The highest BCUT2D eigenvalue weighted by atomic mass is 19.4. The monoisotopic (exact) mass is 441 g/mol. The minimum absolute atomic E-state index is 0.0469. The summed E-state index contributed by atoms with van der Waals surface area (Å²) in [5.41, 5.74) is 1.30. The number of amides is 3. The van der Waals surface area contributed by atoms with E-state index in [4.69, 9.17) is 0 Å². The molecule has 0 saturated heterocycles. The molecule has 0 spiro atoms. The molecule has 0 fully saturated rings. The first-order valence-corrected chi connectivity index (χ1v) is 9.90. The number of nitrogens with one attached hydrogen (secondary N) is 2. The zero-order chi connectivity index (χ0) is 23.1. The van der Waals surface area contributed by atoms with Crippen molar-refractivity contribution in [3.8, 4) is 0 Å². The van der Waals surface area contributed by atoms with Crippen LogP contribution < -0.4 is 15.5 Å². The number of para-hydroxylation sites is 1. The van der Waals surface area contributed by atoms with E-state index in [2.05, 4.69) is 10.6 Å². The molecule has 0 bridgehead atoms. The Kier molecular flexibility index (Phi) is 7.14. The second kappa shape index (κ2) is 10.00. The van der Waals surface area contributed by atoms with Gasteiger partial charge in [-0.2, -0.15) is 13.2 Å². The average molecular weight is 441 g/mol. The predicted octanol–water partition coefficient (Wildman–Crippen LogP) is 5.48. The zero-order valence-electron chi connectivity index (χ0n) is 17.3. The third kappa shape index (κ3) is 6.10. The van der Waals surface area contributed by atoms with E-state index in [0.29, 0.717) is 11.4 Å². The fourth-order valence-corrected chi connectivity index (χ4v) is 3.00. The minimum Gasteiger partial charge on any atom is -0.350 e. The Labute approximate surface area is 183 Å². The number of hydrogen-bond acceptors (Lipinski definition) is 2. The third-order valence-corrected chi connectivity index (χ3v) is 4.69. The van der Waals surface area contributed by atoms with Gasteiger partial charge in [0.2, 0.25) is 0 Å². The van der Waals surface area contributed by atoms with Gasteiger partial charge in [-0.15, -0.1) is 0 Å². The quantitative estimate of drug-likeness (QED) is 0.532. The van der Waals surface area contributed by atoms with Gasteiger partial charge < -0.3 is 10.6 Å². The standard InChI is InChI=1S/C24H22F3N3O2/c1-17-10-12-20(13-11-17)29-23(32)30(21-8-3-2-4-9-21)15-14-28-22(31)18-6-5-7-19(16-18)24(25,26)27/h2-13,16H,14-15H2,1H3,(H,28,31)(H,29,32). The number of aryl methyl sites for hydroxylation is 1. The molecule has 0 unspecified atom stereocenters. The van der Waals surface area contributed by atoms with Crippen LogP contribution in [0, 0.1) is 6.92 Å². The van der Waals surface area contributed by atoms with Crippen LogP contribution in [0.4, 0.5) is 29.3 Å². The van der Waals surface area contributed by atoms with E-state index in [0.717, 1.165) is 17.7 Å². The van der Waals surface area contributed by atoms with Crippen molar-refractivity contribution in [2.24, 2.45) is 0 Å². The maximum absolute atomic E-state index is 12.9. The fraction of sp³-hybridized carbons (Fsp3) is 0.167. The normalized spacial score (nSPS) is 11.0. The number of anilines is 2. The molecule has 0 aliphatic rings. The van der Waals surface area contributed by atoms with Crippen LogP contribution in [0.2, 0.25) is 0 Å². The number of carbonyl (C=O) groups excluding carboxylic acids is 2. The van der Waals surface area contributed by atoms with Crippen molar-refractivity contribution in [3.05, 3.63) is 95.6 Å². The second-order valence-electron chi connectivity index (χ2n) is 7.12. The lowest BCUT2D eigenvalue weighted by atomic mass is 10.1. The number of alkyl halides is 3. The Bertz CT molecular complexity index is 1070. The van der Waals surface area contributed by atoms with E-state index in [-0.39, 0.29) is 18.7 Å². The van der Waals surface area contributed by atoms with Crippen molar-refractivity contribution >= 4 is 23.3 Å². The highest BCUT2D eigenvalue weighted by Crippen LogP contribution is 2.29. The molecule has 0 radical (unpaired) electrons. The van der Waals surface area contributed by atoms with Gasteiger partial charge in [0.25, 0.3) is 5.91 Å².